The minimum absolute atomic E-state index is 0.199. The Balaban J connectivity index is 1.36. The Morgan fingerprint density at radius 1 is 0.765 bits per heavy atom. The summed E-state index contributed by atoms with van der Waals surface area (Å²) in [5, 5.41) is 0. The van der Waals surface area contributed by atoms with Crippen LogP contribution in [0.5, 0.6) is 5.75 Å². The predicted octanol–water partition coefficient (Wildman–Crippen LogP) is 4.96. The van der Waals surface area contributed by atoms with E-state index < -0.39 is 26.0 Å². The highest BCUT2D eigenvalue weighted by Gasteiger charge is 2.37. The maximum absolute atomic E-state index is 14.4. The molecule has 3 fully saturated rings. The van der Waals surface area contributed by atoms with E-state index in [4.69, 9.17) is 4.74 Å². The molecule has 14 heteroatoms. The molecule has 3 aliphatic rings. The van der Waals surface area contributed by atoms with Crippen LogP contribution in [-0.4, -0.2) is 127 Å². The Kier molecular flexibility index (Phi) is 13.7. The molecule has 51 heavy (non-hydrogen) atoms. The third-order valence-corrected chi connectivity index (χ3v) is 14.5. The number of hydrogen-bond acceptors (Lipinski definition) is 8. The summed E-state index contributed by atoms with van der Waals surface area (Å²) < 4.78 is 81.5. The van der Waals surface area contributed by atoms with E-state index in [1.165, 1.54) is 51.3 Å². The largest absolute Gasteiger partial charge is 0.497 e. The van der Waals surface area contributed by atoms with Gasteiger partial charge in [-0.3, -0.25) is 0 Å². The van der Waals surface area contributed by atoms with Gasteiger partial charge in [0.15, 0.2) is 0 Å². The van der Waals surface area contributed by atoms with E-state index in [2.05, 4.69) is 4.90 Å². The smallest absolute Gasteiger partial charge is 0.282 e. The molecule has 2 aliphatic heterocycles. The van der Waals surface area contributed by atoms with Crippen molar-refractivity contribution in [2.24, 2.45) is 11.8 Å². The number of nitrogens with zero attached hydrogens (tertiary/aromatic N) is 6. The van der Waals surface area contributed by atoms with Gasteiger partial charge in [-0.1, -0.05) is 26.2 Å². The number of sulfonamides is 1. The molecule has 0 N–H and O–H groups in total. The van der Waals surface area contributed by atoms with Crippen LogP contribution < -0.4 is 14.5 Å². The lowest BCUT2D eigenvalue weighted by Crippen LogP contribution is -2.57. The Bertz CT molecular complexity index is 1640. The first-order valence-electron chi connectivity index (χ1n) is 18.6. The molecular weight excluding hydrogens is 692 g/mol. The van der Waals surface area contributed by atoms with Gasteiger partial charge in [0.05, 0.1) is 12.0 Å². The zero-order chi connectivity index (χ0) is 36.8. The predicted molar refractivity (Wildman–Crippen MR) is 203 cm³/mol. The second-order valence-corrected chi connectivity index (χ2v) is 18.9. The highest BCUT2D eigenvalue weighted by Crippen LogP contribution is 2.29. The average molecular weight is 751 g/mol. The monoisotopic (exact) mass is 750 g/mol. The van der Waals surface area contributed by atoms with Gasteiger partial charge < -0.3 is 19.4 Å². The zero-order valence-corrected chi connectivity index (χ0v) is 32.8. The number of ether oxygens (including phenoxy) is 1. The summed E-state index contributed by atoms with van der Waals surface area (Å²) in [4.78, 5) is 6.65. The Hall–Kier alpha value is -2.49. The summed E-state index contributed by atoms with van der Waals surface area (Å²) in [6, 6.07) is 11.3. The standard InChI is InChI=1S/C37H59FN6O5S2/c1-30-26-41(50(45,46)37-15-13-34(14-16-37)39(3)4)19-9-17-40(29-32-11-7-6-8-12-32)18-10-20-42(27-30)51(47,48)43-21-22-44(31(2)28-43)35-23-33(38)24-36(25-35)49-5/h13-16,23-25,30-32H,6-12,17-22,26-29H2,1-5H3/t30-,31-/m0/s1. The SMILES string of the molecule is COc1cc(F)cc(N2CCN(S(=O)(=O)N3CCCN(CC4CCCCC4)CCCN(S(=O)(=O)c4ccc(N(C)C)cc4)C[C@H](C)C3)C[C@@H]2C)c1. The van der Waals surface area contributed by atoms with Crippen LogP contribution in [0.3, 0.4) is 0 Å². The van der Waals surface area contributed by atoms with Crippen molar-refractivity contribution in [3.8, 4) is 5.75 Å². The van der Waals surface area contributed by atoms with E-state index in [1.54, 1.807) is 31.1 Å². The molecular formula is C37H59FN6O5S2. The zero-order valence-electron chi connectivity index (χ0n) is 31.2. The van der Waals surface area contributed by atoms with Crippen molar-refractivity contribution in [1.82, 2.24) is 17.8 Å². The first-order chi connectivity index (χ1) is 24.3. The lowest BCUT2D eigenvalue weighted by atomic mass is 9.89. The molecule has 0 radical (unpaired) electrons. The number of hydrogen-bond donors (Lipinski definition) is 0. The number of piperazine rings is 1. The molecule has 11 nitrogen and oxygen atoms in total. The molecule has 2 saturated heterocycles. The van der Waals surface area contributed by atoms with Crippen molar-refractivity contribution in [3.63, 3.8) is 0 Å². The lowest BCUT2D eigenvalue weighted by Gasteiger charge is -2.42. The molecule has 2 heterocycles. The molecule has 0 aromatic heterocycles. The van der Waals surface area contributed by atoms with Crippen LogP contribution in [0.4, 0.5) is 15.8 Å². The highest BCUT2D eigenvalue weighted by molar-refractivity contribution is 7.89. The highest BCUT2D eigenvalue weighted by atomic mass is 32.2. The summed E-state index contributed by atoms with van der Waals surface area (Å²) in [7, 11) is -2.36. The summed E-state index contributed by atoms with van der Waals surface area (Å²) in [5.41, 5.74) is 1.58. The molecule has 0 spiro atoms. The fraction of sp³-hybridized carbons (Fsp3) is 0.676. The fourth-order valence-corrected chi connectivity index (χ4v) is 11.4. The van der Waals surface area contributed by atoms with Gasteiger partial charge in [-0.25, -0.2) is 12.8 Å². The summed E-state index contributed by atoms with van der Waals surface area (Å²) in [6.45, 7) is 8.49. The minimum Gasteiger partial charge on any atom is -0.497 e. The van der Waals surface area contributed by atoms with Crippen molar-refractivity contribution < 1.29 is 26.0 Å². The lowest BCUT2D eigenvalue weighted by molar-refractivity contribution is 0.179. The molecule has 0 bridgehead atoms. The minimum atomic E-state index is -3.88. The molecule has 0 amide bonds. The van der Waals surface area contributed by atoms with Crippen LogP contribution in [0.2, 0.25) is 0 Å². The van der Waals surface area contributed by atoms with Gasteiger partial charge in [-0.2, -0.15) is 21.3 Å². The molecule has 1 saturated carbocycles. The topological polar surface area (TPSA) is 97.0 Å². The van der Waals surface area contributed by atoms with Crippen LogP contribution >= 0.6 is 0 Å². The Labute approximate surface area is 306 Å². The van der Waals surface area contributed by atoms with Crippen LogP contribution in [0.25, 0.3) is 0 Å². The van der Waals surface area contributed by atoms with Crippen LogP contribution in [0.1, 0.15) is 58.8 Å². The summed E-state index contributed by atoms with van der Waals surface area (Å²) in [5.74, 6) is 0.392. The van der Waals surface area contributed by atoms with E-state index in [0.29, 0.717) is 43.4 Å². The molecule has 1 aliphatic carbocycles. The van der Waals surface area contributed by atoms with E-state index >= 15 is 0 Å². The van der Waals surface area contributed by atoms with Crippen LogP contribution in [0.15, 0.2) is 47.4 Å². The number of benzene rings is 2. The van der Waals surface area contributed by atoms with E-state index in [0.717, 1.165) is 31.7 Å². The van der Waals surface area contributed by atoms with Gasteiger partial charge in [-0.15, -0.1) is 0 Å². The molecule has 2 atom stereocenters. The Morgan fingerprint density at radius 3 is 2.02 bits per heavy atom. The number of methoxy groups -OCH3 is 1. The van der Waals surface area contributed by atoms with E-state index in [9.17, 15) is 21.2 Å². The van der Waals surface area contributed by atoms with Crippen molar-refractivity contribution >= 4 is 31.6 Å². The van der Waals surface area contributed by atoms with E-state index in [1.807, 2.05) is 49.9 Å². The van der Waals surface area contributed by atoms with Gasteiger partial charge in [0.25, 0.3) is 10.2 Å². The maximum atomic E-state index is 14.4. The number of rotatable bonds is 9. The van der Waals surface area contributed by atoms with Gasteiger partial charge in [0, 0.05) is 96.0 Å². The average Bonchev–Trinajstić information content (AvgIpc) is 3.10. The third-order valence-electron chi connectivity index (χ3n) is 10.7. The van der Waals surface area contributed by atoms with Gasteiger partial charge in [0.1, 0.15) is 11.6 Å². The quantitative estimate of drug-likeness (QED) is 0.355. The summed E-state index contributed by atoms with van der Waals surface area (Å²) in [6.07, 6.45) is 7.63. The van der Waals surface area contributed by atoms with Gasteiger partial charge in [-0.05, 0) is 87.9 Å². The fourth-order valence-electron chi connectivity index (χ4n) is 7.91. The number of anilines is 2. The maximum Gasteiger partial charge on any atom is 0.282 e. The normalized spacial score (nSPS) is 23.8. The first-order valence-corrected chi connectivity index (χ1v) is 21.5. The molecule has 286 valence electrons. The Morgan fingerprint density at radius 2 is 1.39 bits per heavy atom. The summed E-state index contributed by atoms with van der Waals surface area (Å²) >= 11 is 0. The van der Waals surface area contributed by atoms with Gasteiger partial charge in [0.2, 0.25) is 10.0 Å². The number of halogens is 1. The van der Waals surface area contributed by atoms with E-state index in [-0.39, 0.29) is 43.0 Å². The van der Waals surface area contributed by atoms with Crippen LogP contribution in [-0.2, 0) is 20.2 Å². The molecule has 2 aromatic rings. The van der Waals surface area contributed by atoms with Crippen molar-refractivity contribution in [2.45, 2.75) is 69.7 Å². The van der Waals surface area contributed by atoms with Crippen LogP contribution in [0, 0.1) is 17.7 Å². The molecule has 2 aromatic carbocycles. The molecule has 5 rings (SSSR count). The molecule has 0 unspecified atom stereocenters. The second kappa shape index (κ2) is 17.6. The van der Waals surface area contributed by atoms with Gasteiger partial charge >= 0.3 is 0 Å². The van der Waals surface area contributed by atoms with Crippen molar-refractivity contribution in [2.75, 3.05) is 96.5 Å². The third kappa shape index (κ3) is 10.1. The first kappa shape index (κ1) is 39.7. The second-order valence-electron chi connectivity index (χ2n) is 15.0. The van der Waals surface area contributed by atoms with Crippen molar-refractivity contribution in [3.05, 3.63) is 48.3 Å². The van der Waals surface area contributed by atoms with Crippen molar-refractivity contribution in [1.29, 1.82) is 0 Å².